The van der Waals surface area contributed by atoms with Gasteiger partial charge in [-0.15, -0.1) is 0 Å². The van der Waals surface area contributed by atoms with Gasteiger partial charge in [0, 0.05) is 12.1 Å². The Morgan fingerprint density at radius 1 is 1.31 bits per heavy atom. The first-order chi connectivity index (χ1) is 7.85. The predicted molar refractivity (Wildman–Crippen MR) is 64.0 cm³/mol. The molecule has 2 heteroatoms. The maximum absolute atomic E-state index is 9.60. The Balaban J connectivity index is 1.75. The van der Waals surface area contributed by atoms with Crippen LogP contribution in [0.1, 0.15) is 24.8 Å². The Morgan fingerprint density at radius 2 is 2.12 bits per heavy atom. The van der Waals surface area contributed by atoms with Crippen molar-refractivity contribution in [3.05, 3.63) is 35.9 Å². The predicted octanol–water partition coefficient (Wildman–Crippen LogP) is 2.03. The van der Waals surface area contributed by atoms with Crippen LogP contribution >= 0.6 is 0 Å². The molecule has 1 saturated heterocycles. The molecule has 86 valence electrons. The van der Waals surface area contributed by atoms with E-state index in [0.717, 1.165) is 19.0 Å². The van der Waals surface area contributed by atoms with Crippen LogP contribution in [0.5, 0.6) is 0 Å². The summed E-state index contributed by atoms with van der Waals surface area (Å²) in [6.45, 7) is 2.48. The van der Waals surface area contributed by atoms with E-state index in [1.165, 1.54) is 24.8 Å². The third-order valence-electron chi connectivity index (χ3n) is 4.30. The van der Waals surface area contributed by atoms with Crippen LogP contribution in [0.3, 0.4) is 0 Å². The highest BCUT2D eigenvalue weighted by molar-refractivity contribution is 5.19. The fourth-order valence-corrected chi connectivity index (χ4v) is 3.21. The highest BCUT2D eigenvalue weighted by Gasteiger charge is 2.58. The molecule has 0 aromatic heterocycles. The molecule has 0 spiro atoms. The molecule has 2 fully saturated rings. The number of rotatable bonds is 3. The number of aliphatic hydroxyl groups is 1. The van der Waals surface area contributed by atoms with Crippen molar-refractivity contribution in [1.82, 2.24) is 4.90 Å². The molecule has 0 bridgehead atoms. The molecule has 1 aromatic carbocycles. The molecule has 2 unspecified atom stereocenters. The molecule has 2 nitrogen and oxygen atoms in total. The molecule has 2 atom stereocenters. The van der Waals surface area contributed by atoms with Gasteiger partial charge in [-0.1, -0.05) is 30.3 Å². The van der Waals surface area contributed by atoms with Gasteiger partial charge in [0.1, 0.15) is 0 Å². The van der Waals surface area contributed by atoms with Crippen LogP contribution in [0.15, 0.2) is 30.3 Å². The lowest BCUT2D eigenvalue weighted by Gasteiger charge is -2.35. The largest absolute Gasteiger partial charge is 0.394 e. The minimum Gasteiger partial charge on any atom is -0.394 e. The SMILES string of the molecule is OCC12CC1CCCN2Cc1ccccc1. The average molecular weight is 217 g/mol. The zero-order valence-corrected chi connectivity index (χ0v) is 9.60. The van der Waals surface area contributed by atoms with E-state index in [1.807, 2.05) is 0 Å². The third kappa shape index (κ3) is 1.57. The molecular weight excluding hydrogens is 198 g/mol. The summed E-state index contributed by atoms with van der Waals surface area (Å²) in [5, 5.41) is 9.60. The van der Waals surface area contributed by atoms with Gasteiger partial charge in [0.25, 0.3) is 0 Å². The van der Waals surface area contributed by atoms with Crippen LogP contribution in [0, 0.1) is 5.92 Å². The average Bonchev–Trinajstić information content (AvgIpc) is 3.07. The first-order valence-corrected chi connectivity index (χ1v) is 6.25. The standard InChI is InChI=1S/C14H19NO/c16-11-14-9-13(14)7-4-8-15(14)10-12-5-2-1-3-6-12/h1-3,5-6,13,16H,4,7-11H2. The maximum atomic E-state index is 9.60. The Morgan fingerprint density at radius 3 is 2.88 bits per heavy atom. The molecule has 2 aliphatic rings. The van der Waals surface area contributed by atoms with Crippen molar-refractivity contribution in [2.45, 2.75) is 31.3 Å². The highest BCUT2D eigenvalue weighted by Crippen LogP contribution is 2.54. The molecule has 1 aliphatic carbocycles. The number of hydrogen-bond donors (Lipinski definition) is 1. The fraction of sp³-hybridized carbons (Fsp3) is 0.571. The Labute approximate surface area is 96.9 Å². The van der Waals surface area contributed by atoms with E-state index in [0.29, 0.717) is 6.61 Å². The molecule has 0 radical (unpaired) electrons. The number of fused-ring (bicyclic) bond motifs is 1. The molecule has 1 aliphatic heterocycles. The van der Waals surface area contributed by atoms with Gasteiger partial charge in [0.2, 0.25) is 0 Å². The van der Waals surface area contributed by atoms with Gasteiger partial charge in [0.05, 0.1) is 6.61 Å². The van der Waals surface area contributed by atoms with E-state index >= 15 is 0 Å². The van der Waals surface area contributed by atoms with Crippen molar-refractivity contribution in [1.29, 1.82) is 0 Å². The Hall–Kier alpha value is -0.860. The molecule has 1 saturated carbocycles. The summed E-state index contributed by atoms with van der Waals surface area (Å²) in [5.41, 5.74) is 1.51. The second-order valence-corrected chi connectivity index (χ2v) is 5.21. The van der Waals surface area contributed by atoms with E-state index in [-0.39, 0.29) is 5.54 Å². The van der Waals surface area contributed by atoms with Crippen LogP contribution in [-0.4, -0.2) is 28.7 Å². The molecule has 1 N–H and O–H groups in total. The maximum Gasteiger partial charge on any atom is 0.0618 e. The van der Waals surface area contributed by atoms with Crippen molar-refractivity contribution >= 4 is 0 Å². The van der Waals surface area contributed by atoms with E-state index in [9.17, 15) is 5.11 Å². The van der Waals surface area contributed by atoms with Crippen molar-refractivity contribution in [2.24, 2.45) is 5.92 Å². The number of hydrogen-bond acceptors (Lipinski definition) is 2. The molecular formula is C14H19NO. The van der Waals surface area contributed by atoms with Crippen molar-refractivity contribution in [3.8, 4) is 0 Å². The lowest BCUT2D eigenvalue weighted by atomic mass is 10.0. The molecule has 3 rings (SSSR count). The minimum atomic E-state index is 0.147. The monoisotopic (exact) mass is 217 g/mol. The van der Waals surface area contributed by atoms with Crippen LogP contribution in [0.4, 0.5) is 0 Å². The summed E-state index contributed by atoms with van der Waals surface area (Å²) in [7, 11) is 0. The third-order valence-corrected chi connectivity index (χ3v) is 4.30. The van der Waals surface area contributed by atoms with E-state index in [2.05, 4.69) is 35.2 Å². The minimum absolute atomic E-state index is 0.147. The highest BCUT2D eigenvalue weighted by atomic mass is 16.3. The fourth-order valence-electron chi connectivity index (χ4n) is 3.21. The molecule has 1 aromatic rings. The van der Waals surface area contributed by atoms with Crippen LogP contribution in [0.2, 0.25) is 0 Å². The van der Waals surface area contributed by atoms with Crippen LogP contribution in [0.25, 0.3) is 0 Å². The summed E-state index contributed by atoms with van der Waals surface area (Å²) in [5.74, 6) is 0.759. The van der Waals surface area contributed by atoms with Gasteiger partial charge >= 0.3 is 0 Å². The van der Waals surface area contributed by atoms with Gasteiger partial charge < -0.3 is 5.11 Å². The lowest BCUT2D eigenvalue weighted by Crippen LogP contribution is -2.44. The summed E-state index contributed by atoms with van der Waals surface area (Å²) < 4.78 is 0. The van der Waals surface area contributed by atoms with Crippen molar-refractivity contribution < 1.29 is 5.11 Å². The zero-order valence-electron chi connectivity index (χ0n) is 9.60. The van der Waals surface area contributed by atoms with Crippen LogP contribution < -0.4 is 0 Å². The normalized spacial score (nSPS) is 33.4. The molecule has 0 amide bonds. The van der Waals surface area contributed by atoms with E-state index < -0.39 is 0 Å². The lowest BCUT2D eigenvalue weighted by molar-refractivity contribution is 0.0651. The van der Waals surface area contributed by atoms with Crippen molar-refractivity contribution in [3.63, 3.8) is 0 Å². The summed E-state index contributed by atoms with van der Waals surface area (Å²) in [6, 6.07) is 10.6. The van der Waals surface area contributed by atoms with Gasteiger partial charge in [-0.3, -0.25) is 4.90 Å². The summed E-state index contributed by atoms with van der Waals surface area (Å²) in [6.07, 6.45) is 3.81. The summed E-state index contributed by atoms with van der Waals surface area (Å²) in [4.78, 5) is 2.50. The summed E-state index contributed by atoms with van der Waals surface area (Å²) >= 11 is 0. The Bertz CT molecular complexity index is 364. The second kappa shape index (κ2) is 3.86. The molecule has 16 heavy (non-hydrogen) atoms. The van der Waals surface area contributed by atoms with Gasteiger partial charge in [-0.05, 0) is 37.3 Å². The number of likely N-dealkylation sites (tertiary alicyclic amines) is 1. The smallest absolute Gasteiger partial charge is 0.0618 e. The number of aliphatic hydroxyl groups excluding tert-OH is 1. The second-order valence-electron chi connectivity index (χ2n) is 5.21. The Kier molecular flexibility index (Phi) is 2.49. The quantitative estimate of drug-likeness (QED) is 0.837. The van der Waals surface area contributed by atoms with E-state index in [4.69, 9.17) is 0 Å². The number of benzene rings is 1. The van der Waals surface area contributed by atoms with Gasteiger partial charge in [0.15, 0.2) is 0 Å². The van der Waals surface area contributed by atoms with Gasteiger partial charge in [-0.25, -0.2) is 0 Å². The van der Waals surface area contributed by atoms with Gasteiger partial charge in [-0.2, -0.15) is 0 Å². The first-order valence-electron chi connectivity index (χ1n) is 6.25. The topological polar surface area (TPSA) is 23.5 Å². The number of nitrogens with zero attached hydrogens (tertiary/aromatic N) is 1. The zero-order chi connectivity index (χ0) is 11.0. The van der Waals surface area contributed by atoms with Crippen molar-refractivity contribution in [2.75, 3.05) is 13.2 Å². The van der Waals surface area contributed by atoms with E-state index in [1.54, 1.807) is 0 Å². The molecule has 1 heterocycles. The van der Waals surface area contributed by atoms with Crippen LogP contribution in [-0.2, 0) is 6.54 Å². The number of piperidine rings is 1. The first kappa shape index (κ1) is 10.3.